The summed E-state index contributed by atoms with van der Waals surface area (Å²) in [5, 5.41) is 9.56. The fraction of sp³-hybridized carbons (Fsp3) is 0.222. The van der Waals surface area contributed by atoms with Crippen LogP contribution >= 0.6 is 0 Å². The molecular formula is C18H18NO. The summed E-state index contributed by atoms with van der Waals surface area (Å²) in [7, 11) is 1.64. The zero-order chi connectivity index (χ0) is 14.4. The van der Waals surface area contributed by atoms with E-state index in [1.807, 2.05) is 42.5 Å². The van der Waals surface area contributed by atoms with Crippen molar-refractivity contribution in [2.75, 3.05) is 7.11 Å². The lowest BCUT2D eigenvalue weighted by Gasteiger charge is -2.21. The molecule has 2 aromatic rings. The van der Waals surface area contributed by atoms with Gasteiger partial charge in [0.15, 0.2) is 0 Å². The summed E-state index contributed by atoms with van der Waals surface area (Å²) in [6.45, 7) is 4.01. The summed E-state index contributed by atoms with van der Waals surface area (Å²) in [6.07, 6.45) is 0.689. The number of methoxy groups -OCH3 is 1. The first-order valence-electron chi connectivity index (χ1n) is 6.68. The molecule has 0 aliphatic heterocycles. The monoisotopic (exact) mass is 264 g/mol. The normalized spacial score (nSPS) is 13.2. The average molecular weight is 264 g/mol. The van der Waals surface area contributed by atoms with E-state index >= 15 is 0 Å². The highest BCUT2D eigenvalue weighted by Crippen LogP contribution is 2.35. The van der Waals surface area contributed by atoms with Crippen LogP contribution in [-0.4, -0.2) is 7.11 Å². The minimum absolute atomic E-state index is 0.106. The molecular weight excluding hydrogens is 246 g/mol. The van der Waals surface area contributed by atoms with E-state index in [1.54, 1.807) is 7.11 Å². The van der Waals surface area contributed by atoms with Gasteiger partial charge in [0, 0.05) is 5.92 Å². The fourth-order valence-corrected chi connectivity index (χ4v) is 2.43. The van der Waals surface area contributed by atoms with E-state index in [2.05, 4.69) is 25.1 Å². The third kappa shape index (κ3) is 3.00. The number of hydrogen-bond donors (Lipinski definition) is 0. The zero-order valence-electron chi connectivity index (χ0n) is 11.6. The Morgan fingerprint density at radius 2 is 1.70 bits per heavy atom. The van der Waals surface area contributed by atoms with E-state index in [4.69, 9.17) is 4.74 Å². The van der Waals surface area contributed by atoms with E-state index in [0.29, 0.717) is 6.42 Å². The molecule has 1 radical (unpaired) electrons. The molecule has 0 aliphatic rings. The van der Waals surface area contributed by atoms with Crippen LogP contribution < -0.4 is 4.74 Å². The molecule has 0 fully saturated rings. The summed E-state index contributed by atoms with van der Waals surface area (Å²) in [5.41, 5.74) is 2.16. The van der Waals surface area contributed by atoms with Crippen LogP contribution in [0.25, 0.3) is 0 Å². The highest BCUT2D eigenvalue weighted by molar-refractivity contribution is 5.36. The number of ether oxygens (including phenoxy) is 1. The van der Waals surface area contributed by atoms with Gasteiger partial charge in [-0.05, 0) is 29.7 Å². The molecule has 0 saturated carbocycles. The first-order chi connectivity index (χ1) is 9.80. The maximum absolute atomic E-state index is 9.56. The smallest absolute Gasteiger partial charge is 0.118 e. The van der Waals surface area contributed by atoms with Crippen molar-refractivity contribution in [2.24, 2.45) is 0 Å². The standard InChI is InChI=1S/C18H18NO/c1-3-17(14-7-5-4-6-8-14)18(13-19)15-9-11-16(20-2)12-10-15/h4-12,17-18H,1,3H2,2H3. The summed E-state index contributed by atoms with van der Waals surface area (Å²) >= 11 is 0. The lowest BCUT2D eigenvalue weighted by Crippen LogP contribution is -2.09. The molecule has 0 amide bonds. The lowest BCUT2D eigenvalue weighted by atomic mass is 9.81. The Kier molecular flexibility index (Phi) is 4.79. The van der Waals surface area contributed by atoms with Gasteiger partial charge in [-0.25, -0.2) is 0 Å². The van der Waals surface area contributed by atoms with E-state index in [0.717, 1.165) is 16.9 Å². The van der Waals surface area contributed by atoms with Crippen LogP contribution in [0.1, 0.15) is 29.4 Å². The molecule has 2 atom stereocenters. The Labute approximate surface area is 120 Å². The number of rotatable bonds is 5. The first-order valence-corrected chi connectivity index (χ1v) is 6.68. The van der Waals surface area contributed by atoms with Gasteiger partial charge in [-0.2, -0.15) is 5.26 Å². The largest absolute Gasteiger partial charge is 0.497 e. The topological polar surface area (TPSA) is 33.0 Å². The van der Waals surface area contributed by atoms with Crippen molar-refractivity contribution in [2.45, 2.75) is 18.3 Å². The molecule has 0 aliphatic carbocycles. The van der Waals surface area contributed by atoms with Gasteiger partial charge in [-0.3, -0.25) is 0 Å². The molecule has 0 spiro atoms. The van der Waals surface area contributed by atoms with Crippen molar-refractivity contribution >= 4 is 0 Å². The van der Waals surface area contributed by atoms with Gasteiger partial charge in [0.05, 0.1) is 19.1 Å². The molecule has 2 nitrogen and oxygen atoms in total. The molecule has 0 heterocycles. The van der Waals surface area contributed by atoms with Crippen molar-refractivity contribution < 1.29 is 4.74 Å². The molecule has 20 heavy (non-hydrogen) atoms. The van der Waals surface area contributed by atoms with Crippen LogP contribution in [0.2, 0.25) is 0 Å². The molecule has 0 aromatic heterocycles. The predicted molar refractivity (Wildman–Crippen MR) is 80.5 cm³/mol. The van der Waals surface area contributed by atoms with E-state index in [1.165, 1.54) is 0 Å². The summed E-state index contributed by atoms with van der Waals surface area (Å²) in [5.74, 6) is 0.715. The average Bonchev–Trinajstić information content (AvgIpc) is 2.53. The molecule has 2 heteroatoms. The second-order valence-electron chi connectivity index (χ2n) is 4.69. The molecule has 0 bridgehead atoms. The molecule has 2 aromatic carbocycles. The van der Waals surface area contributed by atoms with Crippen molar-refractivity contribution in [3.05, 3.63) is 72.6 Å². The van der Waals surface area contributed by atoms with E-state index < -0.39 is 0 Å². The lowest BCUT2D eigenvalue weighted by molar-refractivity contribution is 0.414. The number of nitrogens with zero attached hydrogens (tertiary/aromatic N) is 1. The van der Waals surface area contributed by atoms with Crippen LogP contribution in [0.3, 0.4) is 0 Å². The summed E-state index contributed by atoms with van der Waals surface area (Å²) in [6, 6.07) is 20.2. The highest BCUT2D eigenvalue weighted by Gasteiger charge is 2.23. The third-order valence-electron chi connectivity index (χ3n) is 3.56. The number of hydrogen-bond acceptors (Lipinski definition) is 2. The van der Waals surface area contributed by atoms with Gasteiger partial charge in [0.2, 0.25) is 0 Å². The van der Waals surface area contributed by atoms with Crippen LogP contribution in [0.5, 0.6) is 5.75 Å². The summed E-state index contributed by atoms with van der Waals surface area (Å²) < 4.78 is 5.16. The van der Waals surface area contributed by atoms with Crippen LogP contribution in [0.15, 0.2) is 54.6 Å². The Morgan fingerprint density at radius 1 is 1.05 bits per heavy atom. The summed E-state index contributed by atoms with van der Waals surface area (Å²) in [4.78, 5) is 0. The molecule has 2 unspecified atom stereocenters. The van der Waals surface area contributed by atoms with Gasteiger partial charge in [-0.1, -0.05) is 49.4 Å². The second-order valence-corrected chi connectivity index (χ2v) is 4.69. The molecule has 0 N–H and O–H groups in total. The van der Waals surface area contributed by atoms with Crippen LogP contribution in [0, 0.1) is 18.3 Å². The van der Waals surface area contributed by atoms with Gasteiger partial charge in [0.1, 0.15) is 5.75 Å². The quantitative estimate of drug-likeness (QED) is 0.806. The fourth-order valence-electron chi connectivity index (χ4n) is 2.43. The Hall–Kier alpha value is -2.27. The Balaban J connectivity index is 2.32. The van der Waals surface area contributed by atoms with Gasteiger partial charge in [0.25, 0.3) is 0 Å². The molecule has 101 valence electrons. The van der Waals surface area contributed by atoms with Crippen LogP contribution in [0.4, 0.5) is 0 Å². The van der Waals surface area contributed by atoms with E-state index in [9.17, 15) is 5.26 Å². The Bertz CT molecular complexity index is 569. The number of benzene rings is 2. The first kappa shape index (κ1) is 14.1. The second kappa shape index (κ2) is 6.77. The predicted octanol–water partition coefficient (Wildman–Crippen LogP) is 4.31. The van der Waals surface area contributed by atoms with E-state index in [-0.39, 0.29) is 11.8 Å². The Morgan fingerprint density at radius 3 is 2.20 bits per heavy atom. The maximum atomic E-state index is 9.56. The SMILES string of the molecule is [CH2]CC(c1ccccc1)C(C#N)c1ccc(OC)cc1. The molecule has 0 saturated heterocycles. The maximum Gasteiger partial charge on any atom is 0.118 e. The van der Waals surface area contributed by atoms with Gasteiger partial charge >= 0.3 is 0 Å². The minimum atomic E-state index is -0.194. The third-order valence-corrected chi connectivity index (χ3v) is 3.56. The van der Waals surface area contributed by atoms with Gasteiger partial charge in [-0.15, -0.1) is 0 Å². The molecule has 2 rings (SSSR count). The van der Waals surface area contributed by atoms with Crippen molar-refractivity contribution in [1.82, 2.24) is 0 Å². The van der Waals surface area contributed by atoms with Crippen molar-refractivity contribution in [1.29, 1.82) is 5.26 Å². The van der Waals surface area contributed by atoms with Gasteiger partial charge < -0.3 is 4.74 Å². The van der Waals surface area contributed by atoms with Crippen molar-refractivity contribution in [3.8, 4) is 11.8 Å². The zero-order valence-corrected chi connectivity index (χ0v) is 11.6. The minimum Gasteiger partial charge on any atom is -0.497 e. The van der Waals surface area contributed by atoms with Crippen molar-refractivity contribution in [3.63, 3.8) is 0 Å². The number of nitriles is 1. The highest BCUT2D eigenvalue weighted by atomic mass is 16.5. The van der Waals surface area contributed by atoms with Crippen LogP contribution in [-0.2, 0) is 0 Å².